The zero-order valence-corrected chi connectivity index (χ0v) is 11.7. The van der Waals surface area contributed by atoms with Crippen LogP contribution in [-0.2, 0) is 6.18 Å². The van der Waals surface area contributed by atoms with Crippen molar-refractivity contribution in [2.24, 2.45) is 0 Å². The van der Waals surface area contributed by atoms with E-state index in [4.69, 9.17) is 0 Å². The number of nitrogens with one attached hydrogen (secondary N) is 1. The van der Waals surface area contributed by atoms with Crippen LogP contribution in [-0.4, -0.2) is 4.92 Å². The van der Waals surface area contributed by atoms with Gasteiger partial charge in [-0.1, -0.05) is 0 Å². The van der Waals surface area contributed by atoms with Gasteiger partial charge in [0.2, 0.25) is 0 Å². The first-order chi connectivity index (χ1) is 9.79. The highest BCUT2D eigenvalue weighted by atomic mass is 32.1. The molecule has 0 saturated heterocycles. The lowest BCUT2D eigenvalue weighted by molar-refractivity contribution is -0.384. The fraction of sp³-hybridized carbons (Fsp3) is 0.231. The Morgan fingerprint density at radius 2 is 2.05 bits per heavy atom. The molecule has 1 aromatic heterocycles. The SMILES string of the molecule is CC(Nc1ccc(C(F)(F)F)cc1[N+](=O)[O-])c1ccsc1. The third-order valence-electron chi connectivity index (χ3n) is 2.94. The molecule has 1 atom stereocenters. The first-order valence-corrected chi connectivity index (χ1v) is 6.87. The second kappa shape index (κ2) is 5.72. The molecule has 1 aromatic carbocycles. The van der Waals surface area contributed by atoms with Gasteiger partial charge in [0.1, 0.15) is 5.69 Å². The Labute approximate surface area is 122 Å². The molecule has 0 aliphatic carbocycles. The third-order valence-corrected chi connectivity index (χ3v) is 3.64. The van der Waals surface area contributed by atoms with Crippen LogP contribution in [0.5, 0.6) is 0 Å². The quantitative estimate of drug-likeness (QED) is 0.648. The maximum Gasteiger partial charge on any atom is 0.416 e. The van der Waals surface area contributed by atoms with Gasteiger partial charge in [-0.3, -0.25) is 10.1 Å². The highest BCUT2D eigenvalue weighted by Crippen LogP contribution is 2.36. The van der Waals surface area contributed by atoms with Crippen molar-refractivity contribution < 1.29 is 18.1 Å². The lowest BCUT2D eigenvalue weighted by Gasteiger charge is -2.15. The number of hydrogen-bond acceptors (Lipinski definition) is 4. The Kier molecular flexibility index (Phi) is 4.17. The normalized spacial score (nSPS) is 13.0. The fourth-order valence-corrected chi connectivity index (χ4v) is 2.57. The lowest BCUT2D eigenvalue weighted by Crippen LogP contribution is -2.10. The summed E-state index contributed by atoms with van der Waals surface area (Å²) in [6.07, 6.45) is -4.61. The number of anilines is 1. The number of nitrogens with zero attached hydrogens (tertiary/aromatic N) is 1. The monoisotopic (exact) mass is 316 g/mol. The van der Waals surface area contributed by atoms with Crippen LogP contribution in [0.1, 0.15) is 24.1 Å². The molecule has 0 saturated carbocycles. The lowest BCUT2D eigenvalue weighted by atomic mass is 10.1. The maximum absolute atomic E-state index is 12.6. The Bertz CT molecular complexity index is 641. The van der Waals surface area contributed by atoms with Crippen LogP contribution in [0.3, 0.4) is 0 Å². The van der Waals surface area contributed by atoms with E-state index in [0.717, 1.165) is 17.7 Å². The van der Waals surface area contributed by atoms with E-state index in [2.05, 4.69) is 5.32 Å². The van der Waals surface area contributed by atoms with Gasteiger partial charge in [0, 0.05) is 12.1 Å². The summed E-state index contributed by atoms with van der Waals surface area (Å²) in [6.45, 7) is 1.78. The summed E-state index contributed by atoms with van der Waals surface area (Å²) in [5.74, 6) is 0. The van der Waals surface area contributed by atoms with Crippen LogP contribution in [0.4, 0.5) is 24.5 Å². The van der Waals surface area contributed by atoms with E-state index in [0.29, 0.717) is 6.07 Å². The molecule has 1 unspecified atom stereocenters. The number of thiophene rings is 1. The van der Waals surface area contributed by atoms with Crippen LogP contribution < -0.4 is 5.32 Å². The summed E-state index contributed by atoms with van der Waals surface area (Å²) in [7, 11) is 0. The summed E-state index contributed by atoms with van der Waals surface area (Å²) in [6, 6.07) is 4.06. The molecule has 0 amide bonds. The average Bonchev–Trinajstić information content (AvgIpc) is 2.91. The molecule has 112 valence electrons. The molecule has 4 nitrogen and oxygen atoms in total. The molecule has 0 spiro atoms. The number of rotatable bonds is 4. The van der Waals surface area contributed by atoms with Crippen LogP contribution in [0.15, 0.2) is 35.0 Å². The number of nitro benzene ring substituents is 1. The zero-order valence-electron chi connectivity index (χ0n) is 10.8. The first-order valence-electron chi connectivity index (χ1n) is 5.93. The summed E-state index contributed by atoms with van der Waals surface area (Å²) >= 11 is 1.47. The third kappa shape index (κ3) is 3.52. The van der Waals surface area contributed by atoms with Gasteiger partial charge in [0.25, 0.3) is 5.69 Å². The van der Waals surface area contributed by atoms with Gasteiger partial charge in [-0.25, -0.2) is 0 Å². The highest BCUT2D eigenvalue weighted by molar-refractivity contribution is 7.07. The molecule has 2 rings (SSSR count). The van der Waals surface area contributed by atoms with Crippen molar-refractivity contribution >= 4 is 22.7 Å². The minimum atomic E-state index is -4.61. The standard InChI is InChI=1S/C13H11F3N2O2S/c1-8(9-4-5-21-7-9)17-11-3-2-10(13(14,15)16)6-12(11)18(19)20/h2-8,17H,1H3. The van der Waals surface area contributed by atoms with Crippen molar-refractivity contribution in [3.05, 3.63) is 56.3 Å². The zero-order chi connectivity index (χ0) is 15.6. The van der Waals surface area contributed by atoms with Gasteiger partial charge in [0.05, 0.1) is 10.5 Å². The second-order valence-electron chi connectivity index (χ2n) is 4.41. The first kappa shape index (κ1) is 15.3. The molecule has 0 bridgehead atoms. The van der Waals surface area contributed by atoms with Crippen molar-refractivity contribution in [2.75, 3.05) is 5.32 Å². The largest absolute Gasteiger partial charge is 0.416 e. The van der Waals surface area contributed by atoms with Gasteiger partial charge in [-0.15, -0.1) is 0 Å². The van der Waals surface area contributed by atoms with Crippen molar-refractivity contribution in [3.63, 3.8) is 0 Å². The van der Waals surface area contributed by atoms with E-state index in [9.17, 15) is 23.3 Å². The predicted molar refractivity (Wildman–Crippen MR) is 74.5 cm³/mol. The van der Waals surface area contributed by atoms with Crippen LogP contribution in [0, 0.1) is 10.1 Å². The number of hydrogen-bond donors (Lipinski definition) is 1. The molecule has 1 heterocycles. The molecule has 0 aliphatic rings. The smallest absolute Gasteiger partial charge is 0.373 e. The maximum atomic E-state index is 12.6. The minimum Gasteiger partial charge on any atom is -0.373 e. The molecule has 2 aromatic rings. The molecular weight excluding hydrogens is 305 g/mol. The summed E-state index contributed by atoms with van der Waals surface area (Å²) in [5, 5.41) is 17.6. The topological polar surface area (TPSA) is 55.2 Å². The Morgan fingerprint density at radius 3 is 2.57 bits per heavy atom. The second-order valence-corrected chi connectivity index (χ2v) is 5.19. The highest BCUT2D eigenvalue weighted by Gasteiger charge is 2.33. The molecule has 0 radical (unpaired) electrons. The van der Waals surface area contributed by atoms with Gasteiger partial charge < -0.3 is 5.32 Å². The average molecular weight is 316 g/mol. The predicted octanol–water partition coefficient (Wildman–Crippen LogP) is 4.85. The van der Waals surface area contributed by atoms with Crippen molar-refractivity contribution in [1.82, 2.24) is 0 Å². The molecule has 0 aliphatic heterocycles. The van der Waals surface area contributed by atoms with Crippen molar-refractivity contribution in [2.45, 2.75) is 19.1 Å². The number of nitro groups is 1. The van der Waals surface area contributed by atoms with Gasteiger partial charge in [-0.2, -0.15) is 24.5 Å². The Hall–Kier alpha value is -2.09. The Balaban J connectivity index is 2.33. The van der Waals surface area contributed by atoms with E-state index in [1.165, 1.54) is 11.3 Å². The van der Waals surface area contributed by atoms with Gasteiger partial charge in [-0.05, 0) is 41.4 Å². The summed E-state index contributed by atoms with van der Waals surface area (Å²) in [4.78, 5) is 10.1. The molecular formula is C13H11F3N2O2S. The molecule has 8 heteroatoms. The Morgan fingerprint density at radius 1 is 1.33 bits per heavy atom. The minimum absolute atomic E-state index is 0.0618. The van der Waals surface area contributed by atoms with Gasteiger partial charge in [0.15, 0.2) is 0 Å². The number of alkyl halides is 3. The number of benzene rings is 1. The van der Waals surface area contributed by atoms with Crippen LogP contribution in [0.2, 0.25) is 0 Å². The van der Waals surface area contributed by atoms with E-state index in [-0.39, 0.29) is 11.7 Å². The van der Waals surface area contributed by atoms with Gasteiger partial charge >= 0.3 is 6.18 Å². The van der Waals surface area contributed by atoms with Crippen molar-refractivity contribution in [1.29, 1.82) is 0 Å². The summed E-state index contributed by atoms with van der Waals surface area (Å²) < 4.78 is 37.8. The summed E-state index contributed by atoms with van der Waals surface area (Å²) in [5.41, 5.74) is -0.657. The van der Waals surface area contributed by atoms with E-state index in [1.54, 1.807) is 6.92 Å². The van der Waals surface area contributed by atoms with Crippen LogP contribution in [0.25, 0.3) is 0 Å². The van der Waals surface area contributed by atoms with Crippen LogP contribution >= 0.6 is 11.3 Å². The van der Waals surface area contributed by atoms with E-state index >= 15 is 0 Å². The van der Waals surface area contributed by atoms with E-state index in [1.807, 2.05) is 16.8 Å². The molecule has 1 N–H and O–H groups in total. The van der Waals surface area contributed by atoms with Crippen molar-refractivity contribution in [3.8, 4) is 0 Å². The fourth-order valence-electron chi connectivity index (χ4n) is 1.82. The molecule has 21 heavy (non-hydrogen) atoms. The van der Waals surface area contributed by atoms with E-state index < -0.39 is 22.4 Å². The number of halogens is 3. The molecule has 0 fully saturated rings.